The Bertz CT molecular complexity index is 353. The van der Waals surface area contributed by atoms with Crippen LogP contribution in [0.25, 0.3) is 0 Å². The van der Waals surface area contributed by atoms with Crippen molar-refractivity contribution >= 4 is 0 Å². The second kappa shape index (κ2) is 6.58. The number of unbranched alkanes of at least 4 members (excludes halogenated alkanes) is 1. The third kappa shape index (κ3) is 3.40. The van der Waals surface area contributed by atoms with E-state index in [1.807, 2.05) is 6.07 Å². The summed E-state index contributed by atoms with van der Waals surface area (Å²) >= 11 is 0. The molecule has 1 aromatic rings. The Hall–Kier alpha value is -0.800. The molecule has 3 heteroatoms. The van der Waals surface area contributed by atoms with Crippen molar-refractivity contribution in [1.82, 2.24) is 4.90 Å². The van der Waals surface area contributed by atoms with E-state index in [1.54, 1.807) is 6.26 Å². The van der Waals surface area contributed by atoms with Gasteiger partial charge in [-0.05, 0) is 37.8 Å². The van der Waals surface area contributed by atoms with Gasteiger partial charge in [-0.2, -0.15) is 0 Å². The van der Waals surface area contributed by atoms with E-state index in [2.05, 4.69) is 24.8 Å². The smallest absolute Gasteiger partial charge is 0.117 e. The van der Waals surface area contributed by atoms with Gasteiger partial charge in [0.15, 0.2) is 0 Å². The molecule has 1 heterocycles. The maximum Gasteiger partial charge on any atom is 0.117 e. The van der Waals surface area contributed by atoms with E-state index in [4.69, 9.17) is 10.2 Å². The molecule has 2 N–H and O–H groups in total. The summed E-state index contributed by atoms with van der Waals surface area (Å²) in [6.45, 7) is 6.19. The highest BCUT2D eigenvalue weighted by atomic mass is 16.3. The zero-order chi connectivity index (χ0) is 13.7. The standard InChI is InChI=1S/C16H28N2O/c1-3-5-10-16(4-2,13-17)18(14-8-9-14)12-15-7-6-11-19-15/h6-7,11,14H,3-5,8-10,12-13,17H2,1-2H3. The van der Waals surface area contributed by atoms with Gasteiger partial charge < -0.3 is 10.2 Å². The summed E-state index contributed by atoms with van der Waals surface area (Å²) in [6, 6.07) is 4.76. The van der Waals surface area contributed by atoms with E-state index in [9.17, 15) is 0 Å². The fourth-order valence-electron chi connectivity index (χ4n) is 3.03. The van der Waals surface area contributed by atoms with Crippen molar-refractivity contribution in [3.05, 3.63) is 24.2 Å². The Labute approximate surface area is 117 Å². The highest BCUT2D eigenvalue weighted by molar-refractivity contribution is 5.04. The Balaban J connectivity index is 2.13. The van der Waals surface area contributed by atoms with Crippen LogP contribution in [0.1, 0.15) is 58.1 Å². The molecule has 1 aliphatic rings. The van der Waals surface area contributed by atoms with E-state index in [-0.39, 0.29) is 5.54 Å². The fourth-order valence-corrected chi connectivity index (χ4v) is 3.03. The number of hydrogen-bond acceptors (Lipinski definition) is 3. The largest absolute Gasteiger partial charge is 0.468 e. The zero-order valence-electron chi connectivity index (χ0n) is 12.4. The third-order valence-electron chi connectivity index (χ3n) is 4.54. The Morgan fingerprint density at radius 1 is 1.42 bits per heavy atom. The van der Waals surface area contributed by atoms with Gasteiger partial charge >= 0.3 is 0 Å². The molecule has 19 heavy (non-hydrogen) atoms. The first kappa shape index (κ1) is 14.6. The molecule has 1 saturated carbocycles. The normalized spacial score (nSPS) is 18.7. The van der Waals surface area contributed by atoms with Gasteiger partial charge in [-0.25, -0.2) is 0 Å². The number of hydrogen-bond donors (Lipinski definition) is 1. The molecule has 0 radical (unpaired) electrons. The van der Waals surface area contributed by atoms with Crippen molar-refractivity contribution in [2.24, 2.45) is 5.73 Å². The lowest BCUT2D eigenvalue weighted by atomic mass is 9.87. The van der Waals surface area contributed by atoms with Crippen molar-refractivity contribution < 1.29 is 4.42 Å². The van der Waals surface area contributed by atoms with E-state index in [0.717, 1.165) is 25.3 Å². The summed E-state index contributed by atoms with van der Waals surface area (Å²) in [4.78, 5) is 2.63. The first-order valence-electron chi connectivity index (χ1n) is 7.75. The fraction of sp³-hybridized carbons (Fsp3) is 0.750. The lowest BCUT2D eigenvalue weighted by Gasteiger charge is -2.43. The van der Waals surface area contributed by atoms with Crippen LogP contribution in [-0.4, -0.2) is 23.0 Å². The summed E-state index contributed by atoms with van der Waals surface area (Å²) in [6.07, 6.45) is 9.22. The maximum absolute atomic E-state index is 6.18. The highest BCUT2D eigenvalue weighted by Gasteiger charge is 2.42. The Morgan fingerprint density at radius 3 is 2.68 bits per heavy atom. The summed E-state index contributed by atoms with van der Waals surface area (Å²) < 4.78 is 5.55. The zero-order valence-corrected chi connectivity index (χ0v) is 12.4. The summed E-state index contributed by atoms with van der Waals surface area (Å²) in [5.74, 6) is 1.06. The molecule has 1 fully saturated rings. The molecule has 2 rings (SSSR count). The number of nitrogens with zero attached hydrogens (tertiary/aromatic N) is 1. The van der Waals surface area contributed by atoms with Crippen molar-refractivity contribution in [2.45, 2.75) is 70.5 Å². The molecule has 0 aliphatic heterocycles. The van der Waals surface area contributed by atoms with Gasteiger partial charge in [0.2, 0.25) is 0 Å². The van der Waals surface area contributed by atoms with Gasteiger partial charge in [0.1, 0.15) is 5.76 Å². The molecule has 1 atom stereocenters. The van der Waals surface area contributed by atoms with Crippen LogP contribution in [0.4, 0.5) is 0 Å². The minimum atomic E-state index is 0.157. The summed E-state index contributed by atoms with van der Waals surface area (Å²) in [5, 5.41) is 0. The minimum absolute atomic E-state index is 0.157. The number of furan rings is 1. The van der Waals surface area contributed by atoms with Crippen molar-refractivity contribution in [1.29, 1.82) is 0 Å². The monoisotopic (exact) mass is 264 g/mol. The van der Waals surface area contributed by atoms with Crippen molar-refractivity contribution in [2.75, 3.05) is 6.54 Å². The quantitative estimate of drug-likeness (QED) is 0.742. The molecule has 1 unspecified atom stereocenters. The SMILES string of the molecule is CCCCC(CC)(CN)N(Cc1ccco1)C1CC1. The molecule has 0 spiro atoms. The summed E-state index contributed by atoms with van der Waals surface area (Å²) in [5.41, 5.74) is 6.34. The molecular weight excluding hydrogens is 236 g/mol. The second-order valence-electron chi connectivity index (χ2n) is 5.82. The lowest BCUT2D eigenvalue weighted by molar-refractivity contribution is 0.0548. The van der Waals surface area contributed by atoms with Gasteiger partial charge in [0.05, 0.1) is 12.8 Å². The maximum atomic E-state index is 6.18. The van der Waals surface area contributed by atoms with Crippen LogP contribution in [0.2, 0.25) is 0 Å². The van der Waals surface area contributed by atoms with Gasteiger partial charge in [-0.15, -0.1) is 0 Å². The van der Waals surface area contributed by atoms with Crippen LogP contribution in [0.3, 0.4) is 0 Å². The average Bonchev–Trinajstić information content (AvgIpc) is 3.16. The summed E-state index contributed by atoms with van der Waals surface area (Å²) in [7, 11) is 0. The van der Waals surface area contributed by atoms with E-state index in [0.29, 0.717) is 6.04 Å². The van der Waals surface area contributed by atoms with Crippen LogP contribution in [0.15, 0.2) is 22.8 Å². The Kier molecular flexibility index (Phi) is 5.06. The van der Waals surface area contributed by atoms with Gasteiger partial charge in [0, 0.05) is 18.1 Å². The lowest BCUT2D eigenvalue weighted by Crippen LogP contribution is -2.54. The van der Waals surface area contributed by atoms with Gasteiger partial charge in [-0.1, -0.05) is 26.7 Å². The minimum Gasteiger partial charge on any atom is -0.468 e. The van der Waals surface area contributed by atoms with E-state index in [1.165, 1.54) is 32.1 Å². The number of rotatable bonds is 9. The molecule has 1 aromatic heterocycles. The van der Waals surface area contributed by atoms with Crippen molar-refractivity contribution in [3.63, 3.8) is 0 Å². The van der Waals surface area contributed by atoms with Crippen LogP contribution >= 0.6 is 0 Å². The third-order valence-corrected chi connectivity index (χ3v) is 4.54. The van der Waals surface area contributed by atoms with E-state index >= 15 is 0 Å². The molecule has 3 nitrogen and oxygen atoms in total. The molecular formula is C16H28N2O. The van der Waals surface area contributed by atoms with Crippen LogP contribution in [0.5, 0.6) is 0 Å². The Morgan fingerprint density at radius 2 is 2.21 bits per heavy atom. The molecule has 0 aromatic carbocycles. The molecule has 0 bridgehead atoms. The molecule has 0 amide bonds. The van der Waals surface area contributed by atoms with Crippen molar-refractivity contribution in [3.8, 4) is 0 Å². The second-order valence-corrected chi connectivity index (χ2v) is 5.82. The van der Waals surface area contributed by atoms with Crippen LogP contribution in [0, 0.1) is 0 Å². The topological polar surface area (TPSA) is 42.4 Å². The van der Waals surface area contributed by atoms with Crippen LogP contribution in [-0.2, 0) is 6.54 Å². The van der Waals surface area contributed by atoms with Crippen LogP contribution < -0.4 is 5.73 Å². The van der Waals surface area contributed by atoms with E-state index < -0.39 is 0 Å². The molecule has 0 saturated heterocycles. The number of nitrogens with two attached hydrogens (primary N) is 1. The van der Waals surface area contributed by atoms with Gasteiger partial charge in [0.25, 0.3) is 0 Å². The first-order chi connectivity index (χ1) is 9.25. The first-order valence-corrected chi connectivity index (χ1v) is 7.75. The molecule has 1 aliphatic carbocycles. The molecule has 108 valence electrons. The van der Waals surface area contributed by atoms with Gasteiger partial charge in [-0.3, -0.25) is 4.90 Å². The predicted octanol–water partition coefficient (Wildman–Crippen LogP) is 3.54. The highest BCUT2D eigenvalue weighted by Crippen LogP contribution is 2.38. The predicted molar refractivity (Wildman–Crippen MR) is 78.9 cm³/mol. The average molecular weight is 264 g/mol.